The summed E-state index contributed by atoms with van der Waals surface area (Å²) < 4.78 is 1.90. The minimum absolute atomic E-state index is 0.859. The Morgan fingerprint density at radius 1 is 1.09 bits per heavy atom. The summed E-state index contributed by atoms with van der Waals surface area (Å²) in [6.45, 7) is 5.97. The van der Waals surface area contributed by atoms with Crippen molar-refractivity contribution in [3.8, 4) is 5.69 Å². The Morgan fingerprint density at radius 2 is 1.91 bits per heavy atom. The van der Waals surface area contributed by atoms with Gasteiger partial charge in [0.1, 0.15) is 12.1 Å². The molecule has 1 aromatic carbocycles. The van der Waals surface area contributed by atoms with Crippen LogP contribution in [0.1, 0.15) is 5.56 Å². The summed E-state index contributed by atoms with van der Waals surface area (Å²) in [5.41, 5.74) is 3.09. The van der Waals surface area contributed by atoms with E-state index in [0.717, 1.165) is 48.7 Å². The number of aryl methyl sites for hydroxylation is 1. The van der Waals surface area contributed by atoms with Gasteiger partial charge in [-0.25, -0.2) is 14.6 Å². The van der Waals surface area contributed by atoms with Crippen molar-refractivity contribution in [3.05, 3.63) is 42.4 Å². The molecule has 0 atom stereocenters. The standard InChI is InChI=1S/C16H18N6/c1-12-4-2-3-5-14(12)22-16-13(10-20-22)15(18-11-19-16)21-8-6-17-7-9-21/h2-5,10-11,17H,6-9H2,1H3. The molecular formula is C16H18N6. The zero-order valence-corrected chi connectivity index (χ0v) is 12.5. The summed E-state index contributed by atoms with van der Waals surface area (Å²) in [6, 6.07) is 8.20. The quantitative estimate of drug-likeness (QED) is 0.777. The second kappa shape index (κ2) is 5.38. The second-order valence-corrected chi connectivity index (χ2v) is 5.51. The molecule has 0 bridgehead atoms. The van der Waals surface area contributed by atoms with Crippen LogP contribution in [0.4, 0.5) is 5.82 Å². The van der Waals surface area contributed by atoms with Crippen molar-refractivity contribution in [3.63, 3.8) is 0 Å². The number of hydrogen-bond donors (Lipinski definition) is 1. The Labute approximate surface area is 128 Å². The number of rotatable bonds is 2. The van der Waals surface area contributed by atoms with Crippen LogP contribution in [-0.2, 0) is 0 Å². The average molecular weight is 294 g/mol. The van der Waals surface area contributed by atoms with Crippen molar-refractivity contribution < 1.29 is 0 Å². The predicted molar refractivity (Wildman–Crippen MR) is 86.5 cm³/mol. The van der Waals surface area contributed by atoms with E-state index in [4.69, 9.17) is 0 Å². The third-order valence-electron chi connectivity index (χ3n) is 4.10. The zero-order chi connectivity index (χ0) is 14.9. The molecule has 1 saturated heterocycles. The van der Waals surface area contributed by atoms with Gasteiger partial charge in [-0.1, -0.05) is 18.2 Å². The maximum absolute atomic E-state index is 4.55. The first kappa shape index (κ1) is 13.2. The summed E-state index contributed by atoms with van der Waals surface area (Å²) in [5, 5.41) is 8.93. The molecule has 1 N–H and O–H groups in total. The molecule has 4 rings (SSSR count). The summed E-state index contributed by atoms with van der Waals surface area (Å²) in [6.07, 6.45) is 3.51. The Balaban J connectivity index is 1.85. The number of aromatic nitrogens is 4. The van der Waals surface area contributed by atoms with Gasteiger partial charge >= 0.3 is 0 Å². The Bertz CT molecular complexity index is 803. The lowest BCUT2D eigenvalue weighted by Gasteiger charge is -2.28. The normalized spacial score (nSPS) is 15.4. The first-order valence-corrected chi connectivity index (χ1v) is 7.55. The molecule has 3 heterocycles. The Hall–Kier alpha value is -2.47. The van der Waals surface area contributed by atoms with Crippen LogP contribution in [-0.4, -0.2) is 45.9 Å². The van der Waals surface area contributed by atoms with Crippen molar-refractivity contribution in [1.29, 1.82) is 0 Å². The van der Waals surface area contributed by atoms with Crippen molar-refractivity contribution >= 4 is 16.9 Å². The summed E-state index contributed by atoms with van der Waals surface area (Å²) in [5.74, 6) is 0.978. The first-order chi connectivity index (χ1) is 10.8. The molecule has 1 aliphatic rings. The average Bonchev–Trinajstić information content (AvgIpc) is 3.00. The van der Waals surface area contributed by atoms with E-state index >= 15 is 0 Å². The highest BCUT2D eigenvalue weighted by Gasteiger charge is 2.18. The van der Waals surface area contributed by atoms with E-state index < -0.39 is 0 Å². The number of nitrogens with zero attached hydrogens (tertiary/aromatic N) is 5. The molecule has 0 aliphatic carbocycles. The van der Waals surface area contributed by atoms with Gasteiger partial charge in [0.05, 0.1) is 17.3 Å². The van der Waals surface area contributed by atoms with Crippen molar-refractivity contribution in [2.45, 2.75) is 6.92 Å². The largest absolute Gasteiger partial charge is 0.353 e. The molecule has 0 saturated carbocycles. The van der Waals surface area contributed by atoms with Crippen LogP contribution in [0, 0.1) is 6.92 Å². The Kier molecular flexibility index (Phi) is 3.23. The summed E-state index contributed by atoms with van der Waals surface area (Å²) in [4.78, 5) is 11.3. The van der Waals surface area contributed by atoms with E-state index in [1.165, 1.54) is 5.56 Å². The van der Waals surface area contributed by atoms with Crippen LogP contribution >= 0.6 is 0 Å². The Morgan fingerprint density at radius 3 is 2.73 bits per heavy atom. The molecule has 0 amide bonds. The molecule has 6 heteroatoms. The highest BCUT2D eigenvalue weighted by atomic mass is 15.3. The third-order valence-corrected chi connectivity index (χ3v) is 4.10. The maximum atomic E-state index is 4.55. The fourth-order valence-electron chi connectivity index (χ4n) is 2.94. The van der Waals surface area contributed by atoms with Gasteiger partial charge in [0, 0.05) is 26.2 Å². The number of hydrogen-bond acceptors (Lipinski definition) is 5. The molecule has 112 valence electrons. The second-order valence-electron chi connectivity index (χ2n) is 5.51. The molecule has 2 aromatic heterocycles. The van der Waals surface area contributed by atoms with Gasteiger partial charge in [0.2, 0.25) is 0 Å². The smallest absolute Gasteiger partial charge is 0.168 e. The number of fused-ring (bicyclic) bond motifs is 1. The lowest BCUT2D eigenvalue weighted by atomic mass is 10.2. The summed E-state index contributed by atoms with van der Waals surface area (Å²) in [7, 11) is 0. The van der Waals surface area contributed by atoms with Gasteiger partial charge in [0.25, 0.3) is 0 Å². The van der Waals surface area contributed by atoms with Crippen molar-refractivity contribution in [2.75, 3.05) is 31.1 Å². The van der Waals surface area contributed by atoms with Crippen LogP contribution in [0.15, 0.2) is 36.8 Å². The number of para-hydroxylation sites is 1. The minimum atomic E-state index is 0.859. The van der Waals surface area contributed by atoms with E-state index in [2.05, 4.69) is 44.3 Å². The molecule has 1 fully saturated rings. The van der Waals surface area contributed by atoms with E-state index in [1.807, 2.05) is 23.0 Å². The van der Waals surface area contributed by atoms with Crippen LogP contribution in [0.3, 0.4) is 0 Å². The molecule has 0 spiro atoms. The van der Waals surface area contributed by atoms with E-state index in [-0.39, 0.29) is 0 Å². The predicted octanol–water partition coefficient (Wildman–Crippen LogP) is 1.53. The van der Waals surface area contributed by atoms with Gasteiger partial charge < -0.3 is 10.2 Å². The number of nitrogens with one attached hydrogen (secondary N) is 1. The third kappa shape index (κ3) is 2.12. The van der Waals surface area contributed by atoms with Gasteiger partial charge in [0.15, 0.2) is 5.65 Å². The maximum Gasteiger partial charge on any atom is 0.168 e. The highest BCUT2D eigenvalue weighted by molar-refractivity contribution is 5.87. The van der Waals surface area contributed by atoms with E-state index in [1.54, 1.807) is 6.33 Å². The fourth-order valence-corrected chi connectivity index (χ4v) is 2.94. The SMILES string of the molecule is Cc1ccccc1-n1ncc2c(N3CCNCC3)ncnc21. The van der Waals surface area contributed by atoms with Gasteiger partial charge in [-0.15, -0.1) is 0 Å². The minimum Gasteiger partial charge on any atom is -0.353 e. The van der Waals surface area contributed by atoms with Crippen LogP contribution in [0.5, 0.6) is 0 Å². The zero-order valence-electron chi connectivity index (χ0n) is 12.5. The van der Waals surface area contributed by atoms with Gasteiger partial charge in [-0.2, -0.15) is 5.10 Å². The highest BCUT2D eigenvalue weighted by Crippen LogP contribution is 2.25. The molecule has 1 aliphatic heterocycles. The van der Waals surface area contributed by atoms with Crippen molar-refractivity contribution in [1.82, 2.24) is 25.1 Å². The lowest BCUT2D eigenvalue weighted by molar-refractivity contribution is 0.586. The van der Waals surface area contributed by atoms with Crippen molar-refractivity contribution in [2.24, 2.45) is 0 Å². The molecule has 3 aromatic rings. The molecule has 6 nitrogen and oxygen atoms in total. The van der Waals surface area contributed by atoms with Crippen LogP contribution in [0.2, 0.25) is 0 Å². The van der Waals surface area contributed by atoms with Gasteiger partial charge in [-0.3, -0.25) is 0 Å². The topological polar surface area (TPSA) is 58.9 Å². The molecule has 0 unspecified atom stereocenters. The number of piperazine rings is 1. The van der Waals surface area contributed by atoms with Crippen LogP contribution < -0.4 is 10.2 Å². The lowest BCUT2D eigenvalue weighted by Crippen LogP contribution is -2.44. The molecular weight excluding hydrogens is 276 g/mol. The molecule has 22 heavy (non-hydrogen) atoms. The van der Waals surface area contributed by atoms with Gasteiger partial charge in [-0.05, 0) is 18.6 Å². The fraction of sp³-hybridized carbons (Fsp3) is 0.312. The number of benzene rings is 1. The van der Waals surface area contributed by atoms with E-state index in [9.17, 15) is 0 Å². The monoisotopic (exact) mass is 294 g/mol. The number of anilines is 1. The first-order valence-electron chi connectivity index (χ1n) is 7.55. The molecule has 0 radical (unpaired) electrons. The van der Waals surface area contributed by atoms with E-state index in [0.29, 0.717) is 0 Å². The summed E-state index contributed by atoms with van der Waals surface area (Å²) >= 11 is 0. The van der Waals surface area contributed by atoms with Crippen LogP contribution in [0.25, 0.3) is 16.7 Å².